The molecule has 0 amide bonds. The highest BCUT2D eigenvalue weighted by atomic mass is 19.4. The molecule has 20 heavy (non-hydrogen) atoms. The molecule has 1 aromatic rings. The molecule has 7 heteroatoms. The van der Waals surface area contributed by atoms with Gasteiger partial charge in [0.25, 0.3) is 0 Å². The van der Waals surface area contributed by atoms with E-state index in [9.17, 15) is 18.0 Å². The molecule has 1 rings (SSSR count). The monoisotopic (exact) mass is 286 g/mol. The van der Waals surface area contributed by atoms with Crippen molar-refractivity contribution in [3.63, 3.8) is 0 Å². The second-order valence-corrected chi connectivity index (χ2v) is 3.96. The summed E-state index contributed by atoms with van der Waals surface area (Å²) in [5, 5.41) is 8.95. The third-order valence-electron chi connectivity index (χ3n) is 2.61. The minimum atomic E-state index is -4.59. The molecule has 0 fully saturated rings. The normalized spacial score (nSPS) is 11.0. The van der Waals surface area contributed by atoms with E-state index in [1.54, 1.807) is 13.0 Å². The summed E-state index contributed by atoms with van der Waals surface area (Å²) in [6.45, 7) is 1.36. The van der Waals surface area contributed by atoms with Crippen molar-refractivity contribution in [3.05, 3.63) is 34.4 Å². The number of nitriles is 1. The van der Waals surface area contributed by atoms with Gasteiger partial charge in [-0.2, -0.15) is 18.4 Å². The Morgan fingerprint density at radius 2 is 2.05 bits per heavy atom. The summed E-state index contributed by atoms with van der Waals surface area (Å²) in [5.74, 6) is -0.683. The molecule has 0 bridgehead atoms. The zero-order valence-corrected chi connectivity index (χ0v) is 10.8. The zero-order valence-electron chi connectivity index (χ0n) is 10.8. The van der Waals surface area contributed by atoms with E-state index in [2.05, 4.69) is 4.74 Å². The van der Waals surface area contributed by atoms with Gasteiger partial charge in [0.05, 0.1) is 30.2 Å². The third kappa shape index (κ3) is 3.71. The molecule has 0 unspecified atom stereocenters. The second-order valence-electron chi connectivity index (χ2n) is 3.96. The van der Waals surface area contributed by atoms with E-state index >= 15 is 0 Å². The van der Waals surface area contributed by atoms with Gasteiger partial charge in [-0.15, -0.1) is 0 Å². The molecule has 4 nitrogen and oxygen atoms in total. The van der Waals surface area contributed by atoms with Crippen molar-refractivity contribution < 1.29 is 22.7 Å². The van der Waals surface area contributed by atoms with Crippen LogP contribution in [0.4, 0.5) is 13.2 Å². The summed E-state index contributed by atoms with van der Waals surface area (Å²) in [5.41, 5.74) is 4.13. The topological polar surface area (TPSA) is 76.1 Å². The lowest BCUT2D eigenvalue weighted by Gasteiger charge is -2.14. The van der Waals surface area contributed by atoms with Gasteiger partial charge in [-0.3, -0.25) is 4.79 Å². The number of carbonyl (C=O) groups is 1. The SMILES string of the molecule is CCOC(=O)Cc1cc(C(F)(F)F)c(CN)cc1C#N. The van der Waals surface area contributed by atoms with E-state index in [-0.39, 0.29) is 36.3 Å². The maximum Gasteiger partial charge on any atom is 0.416 e. The molecular weight excluding hydrogens is 273 g/mol. The number of halogens is 3. The molecule has 0 aliphatic heterocycles. The first-order chi connectivity index (χ1) is 9.33. The molecule has 0 aliphatic rings. The number of hydrogen-bond donors (Lipinski definition) is 1. The van der Waals surface area contributed by atoms with Gasteiger partial charge in [0.2, 0.25) is 0 Å². The fourth-order valence-corrected chi connectivity index (χ4v) is 1.74. The Kier molecular flexibility index (Phi) is 5.11. The van der Waals surface area contributed by atoms with Crippen LogP contribution in [0, 0.1) is 11.3 Å². The van der Waals surface area contributed by atoms with E-state index in [4.69, 9.17) is 11.0 Å². The van der Waals surface area contributed by atoms with E-state index in [1.165, 1.54) is 0 Å². The van der Waals surface area contributed by atoms with Crippen LogP contribution in [0.15, 0.2) is 12.1 Å². The summed E-state index contributed by atoms with van der Waals surface area (Å²) in [7, 11) is 0. The van der Waals surface area contributed by atoms with Crippen molar-refractivity contribution in [2.24, 2.45) is 5.73 Å². The Labute approximate surface area is 113 Å². The van der Waals surface area contributed by atoms with Crippen molar-refractivity contribution in [2.45, 2.75) is 26.1 Å². The molecule has 0 saturated carbocycles. The van der Waals surface area contributed by atoms with Gasteiger partial charge in [0.1, 0.15) is 0 Å². The van der Waals surface area contributed by atoms with E-state index in [0.717, 1.165) is 12.1 Å². The first-order valence-corrected chi connectivity index (χ1v) is 5.82. The van der Waals surface area contributed by atoms with Crippen LogP contribution in [0.2, 0.25) is 0 Å². The summed E-state index contributed by atoms with van der Waals surface area (Å²) < 4.78 is 43.3. The van der Waals surface area contributed by atoms with Crippen LogP contribution < -0.4 is 5.73 Å². The third-order valence-corrected chi connectivity index (χ3v) is 2.61. The number of carbonyl (C=O) groups excluding carboxylic acids is 1. The first kappa shape index (κ1) is 16.0. The molecule has 1 aromatic carbocycles. The Hall–Kier alpha value is -2.07. The Balaban J connectivity index is 3.30. The molecule has 108 valence electrons. The maximum absolute atomic E-state index is 12.9. The number of benzene rings is 1. The number of alkyl halides is 3. The number of esters is 1. The molecule has 0 spiro atoms. The predicted molar refractivity (Wildman–Crippen MR) is 64.4 cm³/mol. The van der Waals surface area contributed by atoms with Crippen LogP contribution in [0.1, 0.15) is 29.2 Å². The first-order valence-electron chi connectivity index (χ1n) is 5.82. The van der Waals surface area contributed by atoms with Crippen molar-refractivity contribution >= 4 is 5.97 Å². The smallest absolute Gasteiger partial charge is 0.416 e. The molecule has 0 radical (unpaired) electrons. The van der Waals surface area contributed by atoms with Crippen LogP contribution >= 0.6 is 0 Å². The average molecular weight is 286 g/mol. The van der Waals surface area contributed by atoms with Crippen molar-refractivity contribution in [3.8, 4) is 6.07 Å². The molecule has 2 N–H and O–H groups in total. The second kappa shape index (κ2) is 6.39. The highest BCUT2D eigenvalue weighted by Gasteiger charge is 2.34. The summed E-state index contributed by atoms with van der Waals surface area (Å²) >= 11 is 0. The van der Waals surface area contributed by atoms with Gasteiger partial charge < -0.3 is 10.5 Å². The molecule has 0 heterocycles. The standard InChI is InChI=1S/C13H13F3N2O2/c1-2-20-12(19)5-8-4-11(13(14,15)16)10(7-18)3-9(8)6-17/h3-4H,2,5,7,18H2,1H3. The van der Waals surface area contributed by atoms with Crippen LogP contribution in [0.3, 0.4) is 0 Å². The lowest BCUT2D eigenvalue weighted by Crippen LogP contribution is -2.15. The van der Waals surface area contributed by atoms with Gasteiger partial charge in [-0.25, -0.2) is 0 Å². The van der Waals surface area contributed by atoms with Gasteiger partial charge in [-0.1, -0.05) is 0 Å². The van der Waals surface area contributed by atoms with Crippen LogP contribution in [0.5, 0.6) is 0 Å². The lowest BCUT2D eigenvalue weighted by molar-refractivity contribution is -0.142. The minimum Gasteiger partial charge on any atom is -0.466 e. The fourth-order valence-electron chi connectivity index (χ4n) is 1.74. The number of ether oxygens (including phenoxy) is 1. The fraction of sp³-hybridized carbons (Fsp3) is 0.385. The Morgan fingerprint density at radius 1 is 1.40 bits per heavy atom. The molecule has 0 aliphatic carbocycles. The van der Waals surface area contributed by atoms with Gasteiger partial charge >= 0.3 is 12.1 Å². The highest BCUT2D eigenvalue weighted by molar-refractivity contribution is 5.74. The van der Waals surface area contributed by atoms with Crippen molar-refractivity contribution in [2.75, 3.05) is 6.61 Å². The summed E-state index contributed by atoms with van der Waals surface area (Å²) in [6, 6.07) is 3.62. The Bertz CT molecular complexity index is 548. The van der Waals surface area contributed by atoms with Gasteiger partial charge in [-0.05, 0) is 30.2 Å². The van der Waals surface area contributed by atoms with E-state index in [1.807, 2.05) is 0 Å². The van der Waals surface area contributed by atoms with Crippen LogP contribution in [0.25, 0.3) is 0 Å². The lowest BCUT2D eigenvalue weighted by atomic mass is 9.96. The number of rotatable bonds is 4. The van der Waals surface area contributed by atoms with E-state index < -0.39 is 17.7 Å². The van der Waals surface area contributed by atoms with E-state index in [0.29, 0.717) is 0 Å². The Morgan fingerprint density at radius 3 is 2.50 bits per heavy atom. The highest BCUT2D eigenvalue weighted by Crippen LogP contribution is 2.33. The van der Waals surface area contributed by atoms with Gasteiger partial charge in [0, 0.05) is 6.54 Å². The number of nitrogens with zero attached hydrogens (tertiary/aromatic N) is 1. The van der Waals surface area contributed by atoms with Crippen molar-refractivity contribution in [1.82, 2.24) is 0 Å². The molecule has 0 saturated heterocycles. The van der Waals surface area contributed by atoms with Gasteiger partial charge in [0.15, 0.2) is 0 Å². The minimum absolute atomic E-state index is 0.00787. The molecule has 0 atom stereocenters. The number of hydrogen-bond acceptors (Lipinski definition) is 4. The van der Waals surface area contributed by atoms with Crippen LogP contribution in [-0.4, -0.2) is 12.6 Å². The van der Waals surface area contributed by atoms with Crippen LogP contribution in [-0.2, 0) is 28.7 Å². The maximum atomic E-state index is 12.9. The predicted octanol–water partition coefficient (Wildman–Crippen LogP) is 2.14. The summed E-state index contributed by atoms with van der Waals surface area (Å²) in [6.07, 6.45) is -4.98. The average Bonchev–Trinajstić information content (AvgIpc) is 2.37. The van der Waals surface area contributed by atoms with Crippen molar-refractivity contribution in [1.29, 1.82) is 5.26 Å². The number of nitrogens with two attached hydrogens (primary N) is 1. The quantitative estimate of drug-likeness (QED) is 0.860. The summed E-state index contributed by atoms with van der Waals surface area (Å²) in [4.78, 5) is 11.4. The molecule has 0 aromatic heterocycles. The zero-order chi connectivity index (χ0) is 15.3. The molecular formula is C13H13F3N2O2. The largest absolute Gasteiger partial charge is 0.466 e.